The summed E-state index contributed by atoms with van der Waals surface area (Å²) in [5.74, 6) is 0.910. The summed E-state index contributed by atoms with van der Waals surface area (Å²) in [4.78, 5) is 0.645. The molecule has 0 spiro atoms. The van der Waals surface area contributed by atoms with Crippen molar-refractivity contribution in [3.05, 3.63) is 0 Å². The molecule has 1 saturated carbocycles. The van der Waals surface area contributed by atoms with Crippen molar-refractivity contribution in [2.75, 3.05) is 6.61 Å². The lowest BCUT2D eigenvalue weighted by atomic mass is 10.2. The highest BCUT2D eigenvalue weighted by atomic mass is 79.9. The van der Waals surface area contributed by atoms with E-state index >= 15 is 0 Å². The molecule has 0 aromatic heterocycles. The normalized spacial score (nSPS) is 52.9. The smallest absolute Gasteiger partial charge is 0.0608 e. The van der Waals surface area contributed by atoms with Crippen molar-refractivity contribution in [1.29, 1.82) is 0 Å². The molecule has 3 unspecified atom stereocenters. The van der Waals surface area contributed by atoms with Crippen LogP contribution in [-0.4, -0.2) is 17.5 Å². The highest BCUT2D eigenvalue weighted by Gasteiger charge is 2.42. The minimum atomic E-state index is 0.645. The van der Waals surface area contributed by atoms with Gasteiger partial charge in [0.25, 0.3) is 0 Å². The predicted molar refractivity (Wildman–Crippen MR) is 35.2 cm³/mol. The van der Waals surface area contributed by atoms with Crippen LogP contribution in [-0.2, 0) is 4.74 Å². The fourth-order valence-corrected chi connectivity index (χ4v) is 1.93. The van der Waals surface area contributed by atoms with Crippen molar-refractivity contribution < 1.29 is 4.74 Å². The fraction of sp³-hybridized carbons (Fsp3) is 1.00. The summed E-state index contributed by atoms with van der Waals surface area (Å²) in [5, 5.41) is 0. The quantitative estimate of drug-likeness (QED) is 0.510. The second-order valence-electron chi connectivity index (χ2n) is 2.70. The molecule has 46 valence electrons. The van der Waals surface area contributed by atoms with Crippen LogP contribution in [0.3, 0.4) is 0 Å². The van der Waals surface area contributed by atoms with Gasteiger partial charge in [0, 0.05) is 4.83 Å². The molecule has 2 fully saturated rings. The van der Waals surface area contributed by atoms with Gasteiger partial charge in [-0.05, 0) is 18.8 Å². The molecule has 1 heterocycles. The van der Waals surface area contributed by atoms with E-state index in [0.29, 0.717) is 10.9 Å². The van der Waals surface area contributed by atoms with Gasteiger partial charge in [0.2, 0.25) is 0 Å². The first-order valence-electron chi connectivity index (χ1n) is 3.12. The summed E-state index contributed by atoms with van der Waals surface area (Å²) in [6.45, 7) is 0.932. The zero-order valence-corrected chi connectivity index (χ0v) is 6.23. The zero-order valence-electron chi connectivity index (χ0n) is 4.64. The minimum Gasteiger partial charge on any atom is -0.377 e. The van der Waals surface area contributed by atoms with E-state index in [1.165, 1.54) is 12.8 Å². The fourth-order valence-electron chi connectivity index (χ4n) is 1.30. The van der Waals surface area contributed by atoms with E-state index < -0.39 is 0 Å². The molecule has 1 nitrogen and oxygen atoms in total. The maximum Gasteiger partial charge on any atom is 0.0608 e. The average molecular weight is 177 g/mol. The molecule has 1 aliphatic heterocycles. The van der Waals surface area contributed by atoms with Gasteiger partial charge in [-0.15, -0.1) is 0 Å². The maximum atomic E-state index is 5.42. The molecule has 0 amide bonds. The highest BCUT2D eigenvalue weighted by molar-refractivity contribution is 9.09. The second-order valence-corrected chi connectivity index (χ2v) is 4.00. The van der Waals surface area contributed by atoms with Crippen molar-refractivity contribution in [2.24, 2.45) is 5.92 Å². The topological polar surface area (TPSA) is 9.23 Å². The van der Waals surface area contributed by atoms with Crippen LogP contribution in [0.25, 0.3) is 0 Å². The van der Waals surface area contributed by atoms with Gasteiger partial charge < -0.3 is 4.74 Å². The Morgan fingerprint density at radius 2 is 2.25 bits per heavy atom. The standard InChI is InChI=1S/C6H9BrO/c7-5-1-4-2-6(4)8-3-5/h4-6H,1-3H2. The zero-order chi connectivity index (χ0) is 5.56. The van der Waals surface area contributed by atoms with Crippen LogP contribution >= 0.6 is 15.9 Å². The van der Waals surface area contributed by atoms with Gasteiger partial charge in [-0.25, -0.2) is 0 Å². The molecule has 2 aliphatic rings. The third-order valence-corrected chi connectivity index (χ3v) is 2.55. The number of hydrogen-bond acceptors (Lipinski definition) is 1. The minimum absolute atomic E-state index is 0.645. The number of halogens is 1. The number of hydrogen-bond donors (Lipinski definition) is 0. The Kier molecular flexibility index (Phi) is 1.12. The SMILES string of the molecule is BrC1COC2CC2C1. The third-order valence-electron chi connectivity index (χ3n) is 1.91. The van der Waals surface area contributed by atoms with Crippen molar-refractivity contribution in [3.63, 3.8) is 0 Å². The van der Waals surface area contributed by atoms with Gasteiger partial charge in [-0.1, -0.05) is 15.9 Å². The van der Waals surface area contributed by atoms with Crippen LogP contribution < -0.4 is 0 Å². The molecule has 0 N–H and O–H groups in total. The third kappa shape index (κ3) is 0.799. The predicted octanol–water partition coefficient (Wildman–Crippen LogP) is 1.56. The molecule has 3 atom stereocenters. The van der Waals surface area contributed by atoms with Gasteiger partial charge in [0.05, 0.1) is 12.7 Å². The lowest BCUT2D eigenvalue weighted by Crippen LogP contribution is -2.17. The molecule has 0 bridgehead atoms. The summed E-state index contributed by atoms with van der Waals surface area (Å²) in [6.07, 6.45) is 3.32. The van der Waals surface area contributed by atoms with Crippen LogP contribution in [0.5, 0.6) is 0 Å². The first-order chi connectivity index (χ1) is 3.86. The van der Waals surface area contributed by atoms with Crippen molar-refractivity contribution in [1.82, 2.24) is 0 Å². The molecule has 0 radical (unpaired) electrons. The molecule has 0 aromatic carbocycles. The summed E-state index contributed by atoms with van der Waals surface area (Å²) < 4.78 is 5.42. The van der Waals surface area contributed by atoms with E-state index in [0.717, 1.165) is 12.5 Å². The van der Waals surface area contributed by atoms with Gasteiger partial charge in [0.1, 0.15) is 0 Å². The first kappa shape index (κ1) is 5.24. The molecule has 2 rings (SSSR count). The van der Waals surface area contributed by atoms with Crippen LogP contribution in [0.2, 0.25) is 0 Å². The lowest BCUT2D eigenvalue weighted by molar-refractivity contribution is 0.0854. The molecule has 0 aromatic rings. The molecule has 1 saturated heterocycles. The molecule has 1 aliphatic carbocycles. The summed E-state index contributed by atoms with van der Waals surface area (Å²) in [7, 11) is 0. The van der Waals surface area contributed by atoms with Crippen molar-refractivity contribution in [3.8, 4) is 0 Å². The van der Waals surface area contributed by atoms with E-state index in [4.69, 9.17) is 4.74 Å². The van der Waals surface area contributed by atoms with Crippen LogP contribution in [0.15, 0.2) is 0 Å². The van der Waals surface area contributed by atoms with Gasteiger partial charge in [-0.2, -0.15) is 0 Å². The average Bonchev–Trinajstić information content (AvgIpc) is 2.43. The molecule has 2 heteroatoms. The summed E-state index contributed by atoms with van der Waals surface area (Å²) >= 11 is 3.53. The Hall–Kier alpha value is 0.440. The largest absolute Gasteiger partial charge is 0.377 e. The summed E-state index contributed by atoms with van der Waals surface area (Å²) in [6, 6.07) is 0. The van der Waals surface area contributed by atoms with Crippen LogP contribution in [0.1, 0.15) is 12.8 Å². The van der Waals surface area contributed by atoms with E-state index in [1.807, 2.05) is 0 Å². The van der Waals surface area contributed by atoms with Crippen molar-refractivity contribution >= 4 is 15.9 Å². The van der Waals surface area contributed by atoms with Gasteiger partial charge in [0.15, 0.2) is 0 Å². The highest BCUT2D eigenvalue weighted by Crippen LogP contribution is 2.42. The number of fused-ring (bicyclic) bond motifs is 1. The van der Waals surface area contributed by atoms with Crippen LogP contribution in [0.4, 0.5) is 0 Å². The van der Waals surface area contributed by atoms with Gasteiger partial charge >= 0.3 is 0 Å². The first-order valence-corrected chi connectivity index (χ1v) is 4.03. The van der Waals surface area contributed by atoms with E-state index in [1.54, 1.807) is 0 Å². The lowest BCUT2D eigenvalue weighted by Gasteiger charge is -2.14. The van der Waals surface area contributed by atoms with Gasteiger partial charge in [-0.3, -0.25) is 0 Å². The monoisotopic (exact) mass is 176 g/mol. The molecular formula is C6H9BrO. The Labute approximate surface area is 57.5 Å². The Balaban J connectivity index is 1.93. The van der Waals surface area contributed by atoms with E-state index in [2.05, 4.69) is 15.9 Å². The number of alkyl halides is 1. The second kappa shape index (κ2) is 1.71. The van der Waals surface area contributed by atoms with Crippen molar-refractivity contribution in [2.45, 2.75) is 23.8 Å². The Bertz CT molecular complexity index is 105. The summed E-state index contributed by atoms with van der Waals surface area (Å²) in [5.41, 5.74) is 0. The Morgan fingerprint density at radius 1 is 1.38 bits per heavy atom. The maximum absolute atomic E-state index is 5.42. The van der Waals surface area contributed by atoms with Crippen LogP contribution in [0, 0.1) is 5.92 Å². The Morgan fingerprint density at radius 3 is 2.88 bits per heavy atom. The number of rotatable bonds is 0. The molecular weight excluding hydrogens is 168 g/mol. The number of ether oxygens (including phenoxy) is 1. The van der Waals surface area contributed by atoms with E-state index in [9.17, 15) is 0 Å². The molecule has 8 heavy (non-hydrogen) atoms. The van der Waals surface area contributed by atoms with E-state index in [-0.39, 0.29) is 0 Å².